The average molecular weight is 310 g/mol. The lowest BCUT2D eigenvalue weighted by atomic mass is 9.97. The van der Waals surface area contributed by atoms with E-state index < -0.39 is 5.54 Å². The molecule has 1 aliphatic heterocycles. The molecule has 2 N–H and O–H groups in total. The molecule has 116 valence electrons. The Labute approximate surface area is 128 Å². The quantitative estimate of drug-likeness (QED) is 0.653. The molecule has 3 rings (SSSR count). The number of hydrogen-bond donors (Lipinski definition) is 1. The number of carbonyl (C=O) groups is 1. The van der Waals surface area contributed by atoms with E-state index in [0.29, 0.717) is 5.75 Å². The van der Waals surface area contributed by atoms with Gasteiger partial charge in [0.1, 0.15) is 11.4 Å². The van der Waals surface area contributed by atoms with Gasteiger partial charge in [0.2, 0.25) is 0 Å². The Morgan fingerprint density at radius 2 is 2.24 bits per heavy atom. The molecular formula is C14H22N4O2S. The van der Waals surface area contributed by atoms with E-state index >= 15 is 0 Å². The van der Waals surface area contributed by atoms with Crippen LogP contribution in [0.1, 0.15) is 37.9 Å². The number of hydrogen-bond acceptors (Lipinski definition) is 6. The van der Waals surface area contributed by atoms with Crippen LogP contribution in [-0.4, -0.2) is 39.1 Å². The fourth-order valence-electron chi connectivity index (χ4n) is 2.88. The van der Waals surface area contributed by atoms with Gasteiger partial charge in [-0.2, -0.15) is 0 Å². The maximum Gasteiger partial charge on any atom is 0.327 e. The van der Waals surface area contributed by atoms with E-state index in [4.69, 9.17) is 10.5 Å². The highest BCUT2D eigenvalue weighted by Crippen LogP contribution is 2.41. The Kier molecular flexibility index (Phi) is 4.21. The van der Waals surface area contributed by atoms with Crippen molar-refractivity contribution in [2.75, 3.05) is 12.9 Å². The number of aromatic nitrogens is 3. The third-order valence-electron chi connectivity index (χ3n) is 4.39. The molecule has 6 nitrogen and oxygen atoms in total. The Hall–Kier alpha value is -1.08. The minimum atomic E-state index is -0.892. The predicted molar refractivity (Wildman–Crippen MR) is 80.0 cm³/mol. The number of ether oxygens (including phenoxy) is 1. The van der Waals surface area contributed by atoms with Crippen molar-refractivity contribution < 1.29 is 9.53 Å². The van der Waals surface area contributed by atoms with Crippen LogP contribution in [0.5, 0.6) is 0 Å². The van der Waals surface area contributed by atoms with E-state index in [9.17, 15) is 4.79 Å². The molecule has 2 heterocycles. The van der Waals surface area contributed by atoms with Gasteiger partial charge in [-0.15, -0.1) is 10.2 Å². The van der Waals surface area contributed by atoms with Crippen LogP contribution < -0.4 is 5.73 Å². The van der Waals surface area contributed by atoms with E-state index in [2.05, 4.69) is 14.8 Å². The summed E-state index contributed by atoms with van der Waals surface area (Å²) < 4.78 is 7.08. The lowest BCUT2D eigenvalue weighted by Gasteiger charge is -2.25. The molecule has 2 aliphatic rings. The summed E-state index contributed by atoms with van der Waals surface area (Å²) in [6.07, 6.45) is 6.56. The van der Waals surface area contributed by atoms with Gasteiger partial charge in [-0.05, 0) is 31.6 Å². The van der Waals surface area contributed by atoms with Gasteiger partial charge in [-0.1, -0.05) is 18.2 Å². The van der Waals surface area contributed by atoms with E-state index in [0.717, 1.165) is 43.2 Å². The fourth-order valence-corrected chi connectivity index (χ4v) is 4.05. The highest BCUT2D eigenvalue weighted by atomic mass is 32.2. The minimum Gasteiger partial charge on any atom is -0.468 e. The summed E-state index contributed by atoms with van der Waals surface area (Å²) in [6.45, 7) is 0.962. The standard InChI is InChI=1S/C14H22N4O2S/c1-20-12(19)14(15,10-6-7-10)9-21-13-17-16-11-5-3-2-4-8-18(11)13/h10H,2-9,15H2,1H3. The second kappa shape index (κ2) is 5.96. The highest BCUT2D eigenvalue weighted by molar-refractivity contribution is 7.99. The predicted octanol–water partition coefficient (Wildman–Crippen LogP) is 1.38. The van der Waals surface area contributed by atoms with Gasteiger partial charge in [0.15, 0.2) is 5.16 Å². The highest BCUT2D eigenvalue weighted by Gasteiger charge is 2.49. The lowest BCUT2D eigenvalue weighted by Crippen LogP contribution is -2.53. The van der Waals surface area contributed by atoms with Gasteiger partial charge in [0, 0.05) is 18.7 Å². The van der Waals surface area contributed by atoms with Crippen molar-refractivity contribution in [2.45, 2.75) is 55.8 Å². The topological polar surface area (TPSA) is 83.0 Å². The summed E-state index contributed by atoms with van der Waals surface area (Å²) in [6, 6.07) is 0. The average Bonchev–Trinajstić information content (AvgIpc) is 3.31. The number of thioether (sulfide) groups is 1. The van der Waals surface area contributed by atoms with Gasteiger partial charge in [-0.3, -0.25) is 4.79 Å². The molecule has 1 fully saturated rings. The summed E-state index contributed by atoms with van der Waals surface area (Å²) in [5, 5.41) is 9.43. The van der Waals surface area contributed by atoms with Gasteiger partial charge in [0.25, 0.3) is 0 Å². The summed E-state index contributed by atoms with van der Waals surface area (Å²) >= 11 is 1.53. The van der Waals surface area contributed by atoms with E-state index in [1.54, 1.807) is 0 Å². The maximum absolute atomic E-state index is 12.0. The maximum atomic E-state index is 12.0. The van der Waals surface area contributed by atoms with Crippen LogP contribution in [0.4, 0.5) is 0 Å². The molecular weight excluding hydrogens is 288 g/mol. The van der Waals surface area contributed by atoms with Gasteiger partial charge >= 0.3 is 5.97 Å². The summed E-state index contributed by atoms with van der Waals surface area (Å²) in [5.74, 6) is 1.49. The van der Waals surface area contributed by atoms with Gasteiger partial charge in [-0.25, -0.2) is 0 Å². The normalized spacial score (nSPS) is 21.2. The molecule has 0 radical (unpaired) electrons. The number of fused-ring (bicyclic) bond motifs is 1. The summed E-state index contributed by atoms with van der Waals surface area (Å²) in [4.78, 5) is 12.0. The first-order valence-corrected chi connectivity index (χ1v) is 8.56. The van der Waals surface area contributed by atoms with Crippen LogP contribution >= 0.6 is 11.8 Å². The van der Waals surface area contributed by atoms with Crippen molar-refractivity contribution >= 4 is 17.7 Å². The van der Waals surface area contributed by atoms with Crippen molar-refractivity contribution in [2.24, 2.45) is 11.7 Å². The molecule has 1 aliphatic carbocycles. The number of nitrogens with two attached hydrogens (primary N) is 1. The molecule has 1 atom stereocenters. The molecule has 1 aromatic heterocycles. The van der Waals surface area contributed by atoms with Crippen LogP contribution in [0.2, 0.25) is 0 Å². The van der Waals surface area contributed by atoms with Crippen LogP contribution in [0.3, 0.4) is 0 Å². The summed E-state index contributed by atoms with van der Waals surface area (Å²) in [5.41, 5.74) is 5.44. The first-order chi connectivity index (χ1) is 10.1. The van der Waals surface area contributed by atoms with E-state index in [1.165, 1.54) is 31.7 Å². The Bertz CT molecular complexity index is 529. The van der Waals surface area contributed by atoms with Crippen LogP contribution in [-0.2, 0) is 22.5 Å². The molecule has 7 heteroatoms. The third kappa shape index (κ3) is 2.94. The SMILES string of the molecule is COC(=O)C(N)(CSc1nnc2n1CCCCC2)C1CC1. The Morgan fingerprint density at radius 3 is 2.95 bits per heavy atom. The van der Waals surface area contributed by atoms with Crippen molar-refractivity contribution in [3.63, 3.8) is 0 Å². The number of esters is 1. The molecule has 21 heavy (non-hydrogen) atoms. The number of methoxy groups -OCH3 is 1. The molecule has 1 aromatic rings. The van der Waals surface area contributed by atoms with E-state index in [-0.39, 0.29) is 11.9 Å². The van der Waals surface area contributed by atoms with E-state index in [1.807, 2.05) is 0 Å². The molecule has 0 saturated heterocycles. The van der Waals surface area contributed by atoms with Crippen LogP contribution in [0, 0.1) is 5.92 Å². The van der Waals surface area contributed by atoms with Crippen molar-refractivity contribution in [1.82, 2.24) is 14.8 Å². The number of aryl methyl sites for hydroxylation is 1. The number of rotatable bonds is 5. The largest absolute Gasteiger partial charge is 0.468 e. The number of carbonyl (C=O) groups excluding carboxylic acids is 1. The molecule has 1 unspecified atom stereocenters. The van der Waals surface area contributed by atoms with Crippen molar-refractivity contribution in [3.8, 4) is 0 Å². The van der Waals surface area contributed by atoms with Gasteiger partial charge < -0.3 is 15.0 Å². The zero-order chi connectivity index (χ0) is 14.9. The van der Waals surface area contributed by atoms with Crippen molar-refractivity contribution in [3.05, 3.63) is 5.82 Å². The second-order valence-electron chi connectivity index (χ2n) is 5.96. The molecule has 0 amide bonds. The van der Waals surface area contributed by atoms with Crippen LogP contribution in [0.15, 0.2) is 5.16 Å². The molecule has 0 spiro atoms. The van der Waals surface area contributed by atoms with Gasteiger partial charge in [0.05, 0.1) is 7.11 Å². The second-order valence-corrected chi connectivity index (χ2v) is 6.90. The lowest BCUT2D eigenvalue weighted by molar-refractivity contribution is -0.146. The Balaban J connectivity index is 1.72. The zero-order valence-electron chi connectivity index (χ0n) is 12.4. The first-order valence-electron chi connectivity index (χ1n) is 7.57. The summed E-state index contributed by atoms with van der Waals surface area (Å²) in [7, 11) is 1.40. The third-order valence-corrected chi connectivity index (χ3v) is 5.57. The molecule has 0 aromatic carbocycles. The van der Waals surface area contributed by atoms with Crippen molar-refractivity contribution in [1.29, 1.82) is 0 Å². The molecule has 0 bridgehead atoms. The fraction of sp³-hybridized carbons (Fsp3) is 0.786. The Morgan fingerprint density at radius 1 is 1.43 bits per heavy atom. The zero-order valence-corrected chi connectivity index (χ0v) is 13.2. The van der Waals surface area contributed by atoms with Crippen LogP contribution in [0.25, 0.3) is 0 Å². The minimum absolute atomic E-state index is 0.240. The first kappa shape index (κ1) is 14.8. The monoisotopic (exact) mass is 310 g/mol. The molecule has 1 saturated carbocycles. The number of nitrogens with zero attached hydrogens (tertiary/aromatic N) is 3. The smallest absolute Gasteiger partial charge is 0.327 e.